The van der Waals surface area contributed by atoms with Crippen LogP contribution in [0.3, 0.4) is 0 Å². The van der Waals surface area contributed by atoms with Gasteiger partial charge in [-0.05, 0) is 49.8 Å². The van der Waals surface area contributed by atoms with E-state index >= 15 is 0 Å². The highest BCUT2D eigenvalue weighted by molar-refractivity contribution is 5.27. The Morgan fingerprint density at radius 3 is 2.33 bits per heavy atom. The van der Waals surface area contributed by atoms with E-state index in [2.05, 4.69) is 69.1 Å². The molecule has 2 heteroatoms. The molecule has 1 aliphatic heterocycles. The zero-order chi connectivity index (χ0) is 15.5. The summed E-state index contributed by atoms with van der Waals surface area (Å²) < 4.78 is 0. The SMILES string of the molecule is CC(C)N(Cc1ccc(C(C)(C)C)cc1)CC1CCCN1. The zero-order valence-corrected chi connectivity index (χ0v) is 14.4. The molecule has 2 nitrogen and oxygen atoms in total. The van der Waals surface area contributed by atoms with Crippen LogP contribution in [0.4, 0.5) is 0 Å². The van der Waals surface area contributed by atoms with Gasteiger partial charge in [-0.3, -0.25) is 4.90 Å². The maximum Gasteiger partial charge on any atom is 0.0237 e. The molecule has 1 heterocycles. The van der Waals surface area contributed by atoms with Gasteiger partial charge < -0.3 is 5.32 Å². The first-order valence-electron chi connectivity index (χ1n) is 8.43. The van der Waals surface area contributed by atoms with E-state index in [9.17, 15) is 0 Å². The lowest BCUT2D eigenvalue weighted by Gasteiger charge is -2.29. The standard InChI is InChI=1S/C19H32N2/c1-15(2)21(14-18-7-6-12-20-18)13-16-8-10-17(11-9-16)19(3,4)5/h8-11,15,18,20H,6-7,12-14H2,1-5H3. The maximum atomic E-state index is 3.62. The molecule has 1 N–H and O–H groups in total. The smallest absolute Gasteiger partial charge is 0.0237 e. The highest BCUT2D eigenvalue weighted by Crippen LogP contribution is 2.23. The van der Waals surface area contributed by atoms with Crippen molar-refractivity contribution in [1.29, 1.82) is 0 Å². The Kier molecular flexibility index (Phi) is 5.45. The normalized spacial score (nSPS) is 19.7. The Bertz CT molecular complexity index is 422. The predicted octanol–water partition coefficient (Wildman–Crippen LogP) is 3.95. The lowest BCUT2D eigenvalue weighted by atomic mass is 9.87. The Labute approximate surface area is 130 Å². The Hall–Kier alpha value is -0.860. The summed E-state index contributed by atoms with van der Waals surface area (Å²) in [6, 6.07) is 10.5. The van der Waals surface area contributed by atoms with Gasteiger partial charge in [-0.2, -0.15) is 0 Å². The van der Waals surface area contributed by atoms with Crippen LogP contribution in [0.1, 0.15) is 58.6 Å². The third-order valence-electron chi connectivity index (χ3n) is 4.55. The second-order valence-corrected chi connectivity index (χ2v) is 7.76. The number of rotatable bonds is 5. The molecule has 1 aliphatic rings. The highest BCUT2D eigenvalue weighted by Gasteiger charge is 2.20. The molecule has 0 radical (unpaired) electrons. The number of hydrogen-bond donors (Lipinski definition) is 1. The number of nitrogens with zero attached hydrogens (tertiary/aromatic N) is 1. The molecular weight excluding hydrogens is 256 g/mol. The molecule has 1 atom stereocenters. The van der Waals surface area contributed by atoms with Crippen LogP contribution in [0.5, 0.6) is 0 Å². The molecule has 0 aliphatic carbocycles. The molecule has 1 fully saturated rings. The van der Waals surface area contributed by atoms with Gasteiger partial charge in [0.2, 0.25) is 0 Å². The summed E-state index contributed by atoms with van der Waals surface area (Å²) in [6.07, 6.45) is 2.66. The van der Waals surface area contributed by atoms with Gasteiger partial charge in [0.25, 0.3) is 0 Å². The van der Waals surface area contributed by atoms with E-state index in [4.69, 9.17) is 0 Å². The second-order valence-electron chi connectivity index (χ2n) is 7.76. The number of nitrogens with one attached hydrogen (secondary N) is 1. The van der Waals surface area contributed by atoms with E-state index in [0.29, 0.717) is 12.1 Å². The largest absolute Gasteiger partial charge is 0.313 e. The van der Waals surface area contributed by atoms with Crippen LogP contribution in [0.2, 0.25) is 0 Å². The van der Waals surface area contributed by atoms with E-state index < -0.39 is 0 Å². The summed E-state index contributed by atoms with van der Waals surface area (Å²) in [4.78, 5) is 2.59. The lowest BCUT2D eigenvalue weighted by Crippen LogP contribution is -2.40. The topological polar surface area (TPSA) is 15.3 Å². The molecule has 0 spiro atoms. The summed E-state index contributed by atoms with van der Waals surface area (Å²) >= 11 is 0. The quantitative estimate of drug-likeness (QED) is 0.882. The summed E-state index contributed by atoms with van der Waals surface area (Å²) in [5.41, 5.74) is 3.08. The van der Waals surface area contributed by atoms with Crippen molar-refractivity contribution in [1.82, 2.24) is 10.2 Å². The molecule has 0 amide bonds. The van der Waals surface area contributed by atoms with Crippen molar-refractivity contribution >= 4 is 0 Å². The predicted molar refractivity (Wildman–Crippen MR) is 91.7 cm³/mol. The molecule has 21 heavy (non-hydrogen) atoms. The van der Waals surface area contributed by atoms with Gasteiger partial charge in [-0.25, -0.2) is 0 Å². The Balaban J connectivity index is 1.99. The van der Waals surface area contributed by atoms with Gasteiger partial charge >= 0.3 is 0 Å². The summed E-state index contributed by atoms with van der Waals surface area (Å²) in [7, 11) is 0. The minimum absolute atomic E-state index is 0.240. The minimum atomic E-state index is 0.240. The van der Waals surface area contributed by atoms with Gasteiger partial charge in [-0.1, -0.05) is 45.0 Å². The van der Waals surface area contributed by atoms with Crippen LogP contribution in [-0.4, -0.2) is 30.1 Å². The average molecular weight is 288 g/mol. The van der Waals surface area contributed by atoms with Crippen molar-refractivity contribution in [2.24, 2.45) is 0 Å². The molecule has 0 saturated carbocycles. The monoisotopic (exact) mass is 288 g/mol. The zero-order valence-electron chi connectivity index (χ0n) is 14.4. The fourth-order valence-corrected chi connectivity index (χ4v) is 3.00. The third-order valence-corrected chi connectivity index (χ3v) is 4.55. The van der Waals surface area contributed by atoms with E-state index in [0.717, 1.165) is 6.54 Å². The molecule has 1 aromatic rings. The van der Waals surface area contributed by atoms with E-state index in [1.807, 2.05) is 0 Å². The first-order chi connectivity index (χ1) is 9.86. The van der Waals surface area contributed by atoms with Gasteiger partial charge in [-0.15, -0.1) is 0 Å². The number of hydrogen-bond acceptors (Lipinski definition) is 2. The van der Waals surface area contributed by atoms with E-state index in [1.165, 1.54) is 37.1 Å². The summed E-state index contributed by atoms with van der Waals surface area (Å²) in [5.74, 6) is 0. The maximum absolute atomic E-state index is 3.62. The molecule has 1 unspecified atom stereocenters. The van der Waals surface area contributed by atoms with Gasteiger partial charge in [0.1, 0.15) is 0 Å². The van der Waals surface area contributed by atoms with Crippen LogP contribution in [0.15, 0.2) is 24.3 Å². The van der Waals surface area contributed by atoms with Crippen molar-refractivity contribution in [3.05, 3.63) is 35.4 Å². The van der Waals surface area contributed by atoms with Crippen molar-refractivity contribution in [2.45, 2.75) is 71.5 Å². The van der Waals surface area contributed by atoms with Crippen LogP contribution in [-0.2, 0) is 12.0 Å². The van der Waals surface area contributed by atoms with Gasteiger partial charge in [0.05, 0.1) is 0 Å². The Morgan fingerprint density at radius 2 is 1.86 bits per heavy atom. The molecule has 1 aromatic carbocycles. The fourth-order valence-electron chi connectivity index (χ4n) is 3.00. The van der Waals surface area contributed by atoms with Crippen molar-refractivity contribution < 1.29 is 0 Å². The molecule has 0 aromatic heterocycles. The molecule has 0 bridgehead atoms. The van der Waals surface area contributed by atoms with Crippen molar-refractivity contribution in [3.8, 4) is 0 Å². The van der Waals surface area contributed by atoms with Crippen LogP contribution < -0.4 is 5.32 Å². The van der Waals surface area contributed by atoms with Crippen molar-refractivity contribution in [2.75, 3.05) is 13.1 Å². The van der Waals surface area contributed by atoms with Crippen molar-refractivity contribution in [3.63, 3.8) is 0 Å². The molecule has 2 rings (SSSR count). The van der Waals surface area contributed by atoms with Crippen LogP contribution in [0.25, 0.3) is 0 Å². The first-order valence-corrected chi connectivity index (χ1v) is 8.43. The lowest BCUT2D eigenvalue weighted by molar-refractivity contribution is 0.194. The molecule has 118 valence electrons. The van der Waals surface area contributed by atoms with E-state index in [1.54, 1.807) is 0 Å². The van der Waals surface area contributed by atoms with Crippen LogP contribution in [0, 0.1) is 0 Å². The average Bonchev–Trinajstić information content (AvgIpc) is 2.90. The Morgan fingerprint density at radius 1 is 1.19 bits per heavy atom. The highest BCUT2D eigenvalue weighted by atomic mass is 15.2. The fraction of sp³-hybridized carbons (Fsp3) is 0.684. The third kappa shape index (κ3) is 4.82. The van der Waals surface area contributed by atoms with Gasteiger partial charge in [0, 0.05) is 25.2 Å². The molecular formula is C19H32N2. The van der Waals surface area contributed by atoms with Crippen LogP contribution >= 0.6 is 0 Å². The summed E-state index contributed by atoms with van der Waals surface area (Å²) in [5, 5.41) is 3.62. The number of benzene rings is 1. The van der Waals surface area contributed by atoms with Gasteiger partial charge in [0.15, 0.2) is 0 Å². The van der Waals surface area contributed by atoms with E-state index in [-0.39, 0.29) is 5.41 Å². The first kappa shape index (κ1) is 16.5. The second kappa shape index (κ2) is 6.93. The minimum Gasteiger partial charge on any atom is -0.313 e. The molecule has 1 saturated heterocycles. The summed E-state index contributed by atoms with van der Waals surface area (Å²) in [6.45, 7) is 14.8.